The summed E-state index contributed by atoms with van der Waals surface area (Å²) in [5.41, 5.74) is 7.07. The third-order valence-corrected chi connectivity index (χ3v) is 5.08. The van der Waals surface area contributed by atoms with Gasteiger partial charge in [-0.25, -0.2) is 0 Å². The number of rotatable bonds is 4. The molecule has 4 heteroatoms. The molecule has 1 aliphatic heterocycles. The van der Waals surface area contributed by atoms with Crippen LogP contribution in [-0.2, 0) is 0 Å². The van der Waals surface area contributed by atoms with E-state index in [0.29, 0.717) is 6.54 Å². The van der Waals surface area contributed by atoms with Crippen LogP contribution in [0.25, 0.3) is 0 Å². The zero-order valence-electron chi connectivity index (χ0n) is 12.3. The van der Waals surface area contributed by atoms with E-state index in [0.717, 1.165) is 40.5 Å². The number of likely N-dealkylation sites (tertiary alicyclic amines) is 1. The molecule has 0 saturated carbocycles. The number of piperidine rings is 1. The molecular formula is C16H24Cl2N2. The average Bonchev–Trinajstić information content (AvgIpc) is 2.44. The third kappa shape index (κ3) is 3.67. The normalized spacial score (nSPS) is 19.5. The van der Waals surface area contributed by atoms with Gasteiger partial charge < -0.3 is 5.73 Å². The molecular weight excluding hydrogens is 291 g/mol. The largest absolute Gasteiger partial charge is 0.329 e. The van der Waals surface area contributed by atoms with Crippen LogP contribution in [0.3, 0.4) is 0 Å². The second-order valence-electron chi connectivity index (χ2n) is 6.03. The molecule has 2 rings (SSSR count). The van der Waals surface area contributed by atoms with Crippen molar-refractivity contribution in [3.8, 4) is 0 Å². The van der Waals surface area contributed by atoms with E-state index < -0.39 is 0 Å². The van der Waals surface area contributed by atoms with E-state index in [2.05, 4.69) is 18.7 Å². The minimum absolute atomic E-state index is 0.175. The summed E-state index contributed by atoms with van der Waals surface area (Å²) in [6, 6.07) is 5.82. The molecule has 1 fully saturated rings. The Morgan fingerprint density at radius 1 is 1.25 bits per heavy atom. The van der Waals surface area contributed by atoms with Crippen LogP contribution in [0.2, 0.25) is 10.0 Å². The van der Waals surface area contributed by atoms with Gasteiger partial charge in [0, 0.05) is 22.6 Å². The summed E-state index contributed by atoms with van der Waals surface area (Å²) in [5.74, 6) is 1.60. The lowest BCUT2D eigenvalue weighted by Crippen LogP contribution is -2.40. The lowest BCUT2D eigenvalue weighted by atomic mass is 9.86. The van der Waals surface area contributed by atoms with Gasteiger partial charge in [0.25, 0.3) is 0 Å². The predicted molar refractivity (Wildman–Crippen MR) is 87.4 cm³/mol. The van der Waals surface area contributed by atoms with Gasteiger partial charge in [0.05, 0.1) is 0 Å². The van der Waals surface area contributed by atoms with Crippen LogP contribution < -0.4 is 5.73 Å². The number of hydrogen-bond acceptors (Lipinski definition) is 2. The Balaban J connectivity index is 2.11. The molecule has 0 amide bonds. The summed E-state index contributed by atoms with van der Waals surface area (Å²) < 4.78 is 0. The summed E-state index contributed by atoms with van der Waals surface area (Å²) in [7, 11) is 0. The summed E-state index contributed by atoms with van der Waals surface area (Å²) >= 11 is 12.4. The van der Waals surface area contributed by atoms with Crippen molar-refractivity contribution in [2.45, 2.75) is 32.7 Å². The molecule has 1 aromatic carbocycles. The van der Waals surface area contributed by atoms with Crippen LogP contribution in [0.5, 0.6) is 0 Å². The number of nitrogens with zero attached hydrogens (tertiary/aromatic N) is 1. The fraction of sp³-hybridized carbons (Fsp3) is 0.625. The first-order valence-corrected chi connectivity index (χ1v) is 8.17. The maximum Gasteiger partial charge on any atom is 0.0485 e. The van der Waals surface area contributed by atoms with E-state index in [-0.39, 0.29) is 6.04 Å². The fourth-order valence-electron chi connectivity index (χ4n) is 3.14. The molecule has 2 N–H and O–H groups in total. The van der Waals surface area contributed by atoms with E-state index in [1.807, 2.05) is 18.2 Å². The highest BCUT2D eigenvalue weighted by Crippen LogP contribution is 2.33. The van der Waals surface area contributed by atoms with Crippen LogP contribution >= 0.6 is 23.2 Å². The second kappa shape index (κ2) is 7.13. The molecule has 0 aliphatic carbocycles. The van der Waals surface area contributed by atoms with Crippen molar-refractivity contribution < 1.29 is 0 Å². The maximum absolute atomic E-state index is 6.33. The minimum Gasteiger partial charge on any atom is -0.329 e. The van der Waals surface area contributed by atoms with Gasteiger partial charge in [-0.1, -0.05) is 37.0 Å². The lowest BCUT2D eigenvalue weighted by molar-refractivity contribution is 0.117. The van der Waals surface area contributed by atoms with E-state index in [4.69, 9.17) is 28.9 Å². The van der Waals surface area contributed by atoms with Crippen LogP contribution in [-0.4, -0.2) is 24.5 Å². The van der Waals surface area contributed by atoms with Crippen molar-refractivity contribution in [3.63, 3.8) is 0 Å². The van der Waals surface area contributed by atoms with E-state index in [9.17, 15) is 0 Å². The Morgan fingerprint density at radius 3 is 2.45 bits per heavy atom. The summed E-state index contributed by atoms with van der Waals surface area (Å²) in [6.45, 7) is 7.39. The summed E-state index contributed by atoms with van der Waals surface area (Å²) in [6.07, 6.45) is 2.48. The van der Waals surface area contributed by atoms with Crippen molar-refractivity contribution in [3.05, 3.63) is 33.8 Å². The molecule has 0 radical (unpaired) electrons. The van der Waals surface area contributed by atoms with Gasteiger partial charge in [-0.3, -0.25) is 4.90 Å². The minimum atomic E-state index is 0.175. The van der Waals surface area contributed by atoms with Gasteiger partial charge in [-0.15, -0.1) is 0 Å². The maximum atomic E-state index is 6.33. The number of benzene rings is 1. The SMILES string of the molecule is CC(C)C1CCN(C(CN)c2cc(Cl)ccc2Cl)CC1. The molecule has 2 nitrogen and oxygen atoms in total. The van der Waals surface area contributed by atoms with Crippen molar-refractivity contribution in [1.82, 2.24) is 4.90 Å². The zero-order chi connectivity index (χ0) is 14.7. The first-order valence-electron chi connectivity index (χ1n) is 7.42. The molecule has 1 saturated heterocycles. The smallest absolute Gasteiger partial charge is 0.0485 e. The lowest BCUT2D eigenvalue weighted by Gasteiger charge is -2.38. The van der Waals surface area contributed by atoms with Gasteiger partial charge in [0.1, 0.15) is 0 Å². The van der Waals surface area contributed by atoms with Crippen LogP contribution in [0.15, 0.2) is 18.2 Å². The third-order valence-electron chi connectivity index (χ3n) is 4.50. The number of halogens is 2. The number of nitrogens with two attached hydrogens (primary N) is 1. The predicted octanol–water partition coefficient (Wildman–Crippen LogP) is 4.36. The summed E-state index contributed by atoms with van der Waals surface area (Å²) in [5, 5.41) is 1.48. The highest BCUT2D eigenvalue weighted by atomic mass is 35.5. The van der Waals surface area contributed by atoms with Crippen LogP contribution in [0.1, 0.15) is 38.3 Å². The monoisotopic (exact) mass is 314 g/mol. The Hall–Kier alpha value is -0.280. The average molecular weight is 315 g/mol. The van der Waals surface area contributed by atoms with Gasteiger partial charge in [0.15, 0.2) is 0 Å². The first kappa shape index (κ1) is 16.1. The number of hydrogen-bond donors (Lipinski definition) is 1. The standard InChI is InChI=1S/C16H24Cl2N2/c1-11(2)12-5-7-20(8-6-12)16(10-19)14-9-13(17)3-4-15(14)18/h3-4,9,11-12,16H,5-8,10,19H2,1-2H3. The highest BCUT2D eigenvalue weighted by molar-refractivity contribution is 6.33. The van der Waals surface area contributed by atoms with Gasteiger partial charge in [0.2, 0.25) is 0 Å². The van der Waals surface area contributed by atoms with Gasteiger partial charge >= 0.3 is 0 Å². The Kier molecular flexibility index (Phi) is 5.74. The van der Waals surface area contributed by atoms with Gasteiger partial charge in [-0.05, 0) is 61.5 Å². The van der Waals surface area contributed by atoms with E-state index in [1.165, 1.54) is 12.8 Å². The fourth-order valence-corrected chi connectivity index (χ4v) is 3.56. The summed E-state index contributed by atoms with van der Waals surface area (Å²) in [4.78, 5) is 2.45. The molecule has 0 spiro atoms. The van der Waals surface area contributed by atoms with E-state index >= 15 is 0 Å². The topological polar surface area (TPSA) is 29.3 Å². The Bertz CT molecular complexity index is 440. The Morgan fingerprint density at radius 2 is 1.90 bits per heavy atom. The zero-order valence-corrected chi connectivity index (χ0v) is 13.8. The van der Waals surface area contributed by atoms with Gasteiger partial charge in [-0.2, -0.15) is 0 Å². The van der Waals surface area contributed by atoms with Crippen molar-refractivity contribution >= 4 is 23.2 Å². The highest BCUT2D eigenvalue weighted by Gasteiger charge is 2.27. The van der Waals surface area contributed by atoms with Crippen molar-refractivity contribution in [1.29, 1.82) is 0 Å². The van der Waals surface area contributed by atoms with E-state index in [1.54, 1.807) is 0 Å². The molecule has 1 heterocycles. The Labute approximate surface area is 132 Å². The molecule has 1 aromatic rings. The van der Waals surface area contributed by atoms with Crippen molar-refractivity contribution in [2.24, 2.45) is 17.6 Å². The molecule has 1 aliphatic rings. The quantitative estimate of drug-likeness (QED) is 0.894. The molecule has 112 valence electrons. The molecule has 0 aromatic heterocycles. The van der Waals surface area contributed by atoms with Crippen LogP contribution in [0.4, 0.5) is 0 Å². The first-order chi connectivity index (χ1) is 9.52. The second-order valence-corrected chi connectivity index (χ2v) is 6.88. The van der Waals surface area contributed by atoms with Crippen molar-refractivity contribution in [2.75, 3.05) is 19.6 Å². The molecule has 1 unspecified atom stereocenters. The molecule has 1 atom stereocenters. The molecule has 20 heavy (non-hydrogen) atoms. The van der Waals surface area contributed by atoms with Crippen LogP contribution in [0, 0.1) is 11.8 Å². The molecule has 0 bridgehead atoms.